The third-order valence-electron chi connectivity index (χ3n) is 2.20. The van der Waals surface area contributed by atoms with Crippen molar-refractivity contribution in [2.45, 2.75) is 17.9 Å². The SMILES string of the molecule is CC(CO[N+](=O)[O-])OC(=O)c1ccc(Cl)c(S(N)(=O)=O)c1. The van der Waals surface area contributed by atoms with E-state index in [0.717, 1.165) is 6.07 Å². The minimum atomic E-state index is -4.09. The maximum Gasteiger partial charge on any atom is 0.338 e. The van der Waals surface area contributed by atoms with Crippen molar-refractivity contribution in [3.8, 4) is 0 Å². The van der Waals surface area contributed by atoms with Gasteiger partial charge in [0.1, 0.15) is 17.6 Å². The highest BCUT2D eigenvalue weighted by Crippen LogP contribution is 2.22. The van der Waals surface area contributed by atoms with Crippen LogP contribution in [0.2, 0.25) is 5.02 Å². The summed E-state index contributed by atoms with van der Waals surface area (Å²) in [6, 6.07) is 3.37. The molecule has 0 spiro atoms. The Hall–Kier alpha value is -1.91. The number of nitrogens with zero attached hydrogens (tertiary/aromatic N) is 1. The van der Waals surface area contributed by atoms with Crippen LogP contribution in [0.4, 0.5) is 0 Å². The Kier molecular flexibility index (Phi) is 5.47. The Balaban J connectivity index is 2.87. The molecule has 0 amide bonds. The van der Waals surface area contributed by atoms with Crippen molar-refractivity contribution in [3.05, 3.63) is 38.9 Å². The molecule has 0 saturated carbocycles. The van der Waals surface area contributed by atoms with Crippen LogP contribution in [0.25, 0.3) is 0 Å². The van der Waals surface area contributed by atoms with Crippen molar-refractivity contribution in [1.29, 1.82) is 0 Å². The van der Waals surface area contributed by atoms with Gasteiger partial charge in [0.15, 0.2) is 0 Å². The fourth-order valence-corrected chi connectivity index (χ4v) is 2.37. The normalized spacial score (nSPS) is 12.5. The van der Waals surface area contributed by atoms with Gasteiger partial charge in [-0.05, 0) is 25.1 Å². The summed E-state index contributed by atoms with van der Waals surface area (Å²) >= 11 is 5.67. The lowest BCUT2D eigenvalue weighted by atomic mass is 10.2. The summed E-state index contributed by atoms with van der Waals surface area (Å²) in [5.41, 5.74) is -0.114. The lowest BCUT2D eigenvalue weighted by Crippen LogP contribution is -2.22. The van der Waals surface area contributed by atoms with Gasteiger partial charge in [-0.2, -0.15) is 0 Å². The summed E-state index contributed by atoms with van der Waals surface area (Å²) in [5, 5.41) is 13.8. The largest absolute Gasteiger partial charge is 0.457 e. The smallest absolute Gasteiger partial charge is 0.338 e. The molecule has 1 rings (SSSR count). The van der Waals surface area contributed by atoms with Crippen molar-refractivity contribution in [2.75, 3.05) is 6.61 Å². The van der Waals surface area contributed by atoms with Gasteiger partial charge in [0, 0.05) is 0 Å². The highest BCUT2D eigenvalue weighted by molar-refractivity contribution is 7.89. The first-order valence-electron chi connectivity index (χ1n) is 5.42. The highest BCUT2D eigenvalue weighted by Gasteiger charge is 2.19. The molecule has 21 heavy (non-hydrogen) atoms. The minimum absolute atomic E-state index is 0.114. The van der Waals surface area contributed by atoms with E-state index >= 15 is 0 Å². The summed E-state index contributed by atoms with van der Waals surface area (Å²) in [6.07, 6.45) is -0.906. The molecule has 0 radical (unpaired) electrons. The molecule has 0 heterocycles. The molecule has 1 atom stereocenters. The number of carbonyl (C=O) groups is 1. The van der Waals surface area contributed by atoms with Crippen LogP contribution in [-0.2, 0) is 19.6 Å². The van der Waals surface area contributed by atoms with Gasteiger partial charge in [-0.25, -0.2) is 18.4 Å². The van der Waals surface area contributed by atoms with E-state index in [2.05, 4.69) is 4.84 Å². The summed E-state index contributed by atoms with van der Waals surface area (Å²) in [4.78, 5) is 25.4. The molecule has 9 nitrogen and oxygen atoms in total. The molecule has 0 bridgehead atoms. The maximum atomic E-state index is 11.8. The molecular weight excluding hydrogens is 328 g/mol. The molecule has 0 fully saturated rings. The minimum Gasteiger partial charge on any atom is -0.457 e. The van der Waals surface area contributed by atoms with Crippen LogP contribution < -0.4 is 5.14 Å². The second-order valence-electron chi connectivity index (χ2n) is 3.93. The van der Waals surface area contributed by atoms with E-state index in [-0.39, 0.29) is 10.6 Å². The lowest BCUT2D eigenvalue weighted by molar-refractivity contribution is -0.759. The zero-order valence-electron chi connectivity index (χ0n) is 10.7. The summed E-state index contributed by atoms with van der Waals surface area (Å²) < 4.78 is 27.4. The molecule has 2 N–H and O–H groups in total. The van der Waals surface area contributed by atoms with Gasteiger partial charge in [-0.3, -0.25) is 0 Å². The van der Waals surface area contributed by atoms with Gasteiger partial charge in [0.25, 0.3) is 5.09 Å². The molecule has 0 saturated heterocycles. The van der Waals surface area contributed by atoms with Gasteiger partial charge in [0.2, 0.25) is 10.0 Å². The number of benzene rings is 1. The first-order valence-corrected chi connectivity index (χ1v) is 7.34. The van der Waals surface area contributed by atoms with Crippen LogP contribution in [0.5, 0.6) is 0 Å². The second kappa shape index (κ2) is 6.70. The van der Waals surface area contributed by atoms with Gasteiger partial charge in [-0.1, -0.05) is 11.6 Å². The number of nitrogens with two attached hydrogens (primary N) is 1. The van der Waals surface area contributed by atoms with Crippen LogP contribution in [0.1, 0.15) is 17.3 Å². The molecule has 1 unspecified atom stereocenters. The Morgan fingerprint density at radius 3 is 2.67 bits per heavy atom. The number of ether oxygens (including phenoxy) is 1. The molecule has 0 aromatic heterocycles. The fourth-order valence-electron chi connectivity index (χ4n) is 1.30. The molecule has 0 aliphatic rings. The van der Waals surface area contributed by atoms with Gasteiger partial charge < -0.3 is 9.57 Å². The van der Waals surface area contributed by atoms with E-state index in [0.29, 0.717) is 0 Å². The van der Waals surface area contributed by atoms with Gasteiger partial charge >= 0.3 is 5.97 Å². The molecule has 0 aliphatic heterocycles. The number of esters is 1. The standard InChI is InChI=1S/C10H11ClN2O7S/c1-6(5-19-13(15)16)20-10(14)7-2-3-8(11)9(4-7)21(12,17)18/h2-4,6H,5H2,1H3,(H2,12,17,18). The third-order valence-corrected chi connectivity index (χ3v) is 3.59. The third kappa shape index (κ3) is 5.17. The number of primary sulfonamides is 1. The predicted octanol–water partition coefficient (Wildman–Crippen LogP) is 0.741. The predicted molar refractivity (Wildman–Crippen MR) is 70.6 cm³/mol. The van der Waals surface area contributed by atoms with Gasteiger partial charge in [0.05, 0.1) is 10.6 Å². The summed E-state index contributed by atoms with van der Waals surface area (Å²) in [6.45, 7) is 0.923. The number of halogens is 1. The first kappa shape index (κ1) is 17.1. The molecule has 0 aliphatic carbocycles. The van der Waals surface area contributed by atoms with E-state index < -0.39 is 38.7 Å². The van der Waals surface area contributed by atoms with E-state index in [9.17, 15) is 23.3 Å². The Morgan fingerprint density at radius 2 is 2.14 bits per heavy atom. The van der Waals surface area contributed by atoms with Gasteiger partial charge in [-0.15, -0.1) is 10.1 Å². The maximum absolute atomic E-state index is 11.8. The topological polar surface area (TPSA) is 139 Å². The number of carbonyl (C=O) groups excluding carboxylic acids is 1. The second-order valence-corrected chi connectivity index (χ2v) is 5.86. The Morgan fingerprint density at radius 1 is 1.52 bits per heavy atom. The van der Waals surface area contributed by atoms with Crippen LogP contribution in [-0.4, -0.2) is 32.2 Å². The highest BCUT2D eigenvalue weighted by atomic mass is 35.5. The van der Waals surface area contributed by atoms with Crippen LogP contribution in [0, 0.1) is 10.1 Å². The van der Waals surface area contributed by atoms with E-state index in [1.165, 1.54) is 19.1 Å². The number of rotatable bonds is 6. The zero-order chi connectivity index (χ0) is 16.2. The van der Waals surface area contributed by atoms with Crippen molar-refractivity contribution >= 4 is 27.6 Å². The zero-order valence-corrected chi connectivity index (χ0v) is 12.3. The monoisotopic (exact) mass is 338 g/mol. The van der Waals surface area contributed by atoms with E-state index in [4.69, 9.17) is 21.5 Å². The summed E-state index contributed by atoms with van der Waals surface area (Å²) in [5.74, 6) is -0.893. The molecule has 1 aromatic carbocycles. The van der Waals surface area contributed by atoms with E-state index in [1.54, 1.807) is 0 Å². The fraction of sp³-hybridized carbons (Fsp3) is 0.300. The Bertz CT molecular complexity index is 661. The number of sulfonamides is 1. The number of hydrogen-bond donors (Lipinski definition) is 1. The molecule has 116 valence electrons. The Labute approximate surface area is 124 Å². The molecule has 1 aromatic rings. The van der Waals surface area contributed by atoms with Crippen molar-refractivity contribution in [3.63, 3.8) is 0 Å². The average Bonchev–Trinajstić information content (AvgIpc) is 2.35. The van der Waals surface area contributed by atoms with Crippen molar-refractivity contribution in [1.82, 2.24) is 0 Å². The first-order chi connectivity index (χ1) is 9.61. The van der Waals surface area contributed by atoms with Crippen molar-refractivity contribution < 1.29 is 27.9 Å². The van der Waals surface area contributed by atoms with Crippen LogP contribution in [0.3, 0.4) is 0 Å². The van der Waals surface area contributed by atoms with Crippen molar-refractivity contribution in [2.24, 2.45) is 5.14 Å². The van der Waals surface area contributed by atoms with Crippen LogP contribution in [0.15, 0.2) is 23.1 Å². The quantitative estimate of drug-likeness (QED) is 0.458. The van der Waals surface area contributed by atoms with Crippen LogP contribution >= 0.6 is 11.6 Å². The lowest BCUT2D eigenvalue weighted by Gasteiger charge is -2.12. The average molecular weight is 339 g/mol. The molecular formula is C10H11ClN2O7S. The van der Waals surface area contributed by atoms with E-state index in [1.807, 2.05) is 0 Å². The number of hydrogen-bond acceptors (Lipinski definition) is 7. The summed E-state index contributed by atoms with van der Waals surface area (Å²) in [7, 11) is -4.09. The molecule has 11 heteroatoms.